The summed E-state index contributed by atoms with van der Waals surface area (Å²) in [6.45, 7) is 9.79. The van der Waals surface area contributed by atoms with Crippen LogP contribution in [0.4, 0.5) is 0 Å². The molecule has 0 aliphatic rings. The van der Waals surface area contributed by atoms with Crippen LogP contribution in [0.15, 0.2) is 0 Å². The van der Waals surface area contributed by atoms with E-state index >= 15 is 0 Å². The third kappa shape index (κ3) is 81.2. The minimum atomic E-state index is -4.97. The Kier molecular flexibility index (Phi) is 80.7. The van der Waals surface area contributed by atoms with Gasteiger partial charge in [0.05, 0.1) is 26.4 Å². The van der Waals surface area contributed by atoms with Gasteiger partial charge in [0.15, 0.2) is 12.2 Å². The summed E-state index contributed by atoms with van der Waals surface area (Å²) in [5, 5.41) is 10.7. The minimum absolute atomic E-state index is 0.107. The molecule has 19 heteroatoms. The Morgan fingerprint density at radius 1 is 0.255 bits per heavy atom. The lowest BCUT2D eigenvalue weighted by atomic mass is 9.99. The van der Waals surface area contributed by atoms with Crippen LogP contribution in [0.5, 0.6) is 0 Å². The molecule has 0 amide bonds. The average Bonchev–Trinajstić information content (AvgIpc) is 0.898. The van der Waals surface area contributed by atoms with E-state index in [1.807, 2.05) is 0 Å². The van der Waals surface area contributed by atoms with E-state index < -0.39 is 97.5 Å². The second kappa shape index (κ2) is 82.2. The molecule has 0 aromatic heterocycles. The molecule has 0 aromatic carbocycles. The van der Waals surface area contributed by atoms with E-state index in [1.54, 1.807) is 0 Å². The molecule has 0 fully saturated rings. The molecule has 0 radical (unpaired) electrons. The highest BCUT2D eigenvalue weighted by Crippen LogP contribution is 2.45. The van der Waals surface area contributed by atoms with Crippen molar-refractivity contribution in [3.8, 4) is 0 Å². The zero-order valence-corrected chi connectivity index (χ0v) is 74.4. The van der Waals surface area contributed by atoms with Crippen LogP contribution >= 0.6 is 15.6 Å². The molecule has 0 saturated carbocycles. The first-order valence-corrected chi connectivity index (χ1v) is 50.1. The summed E-state index contributed by atoms with van der Waals surface area (Å²) in [7, 11) is -9.93. The topological polar surface area (TPSA) is 237 Å². The molecule has 7 atom stereocenters. The van der Waals surface area contributed by atoms with Gasteiger partial charge >= 0.3 is 39.5 Å². The van der Waals surface area contributed by atoms with Gasteiger partial charge < -0.3 is 33.8 Å². The normalized spacial score (nSPS) is 14.2. The zero-order chi connectivity index (χ0) is 80.6. The number of hydrogen-bond donors (Lipinski definition) is 3. The molecule has 0 aliphatic carbocycles. The summed E-state index contributed by atoms with van der Waals surface area (Å²) in [5.41, 5.74) is 0. The van der Waals surface area contributed by atoms with E-state index in [-0.39, 0.29) is 25.7 Å². The monoisotopic (exact) mass is 1610 g/mol. The maximum absolute atomic E-state index is 13.2. The van der Waals surface area contributed by atoms with Crippen molar-refractivity contribution in [1.82, 2.24) is 0 Å². The standard InChI is InChI=1S/C91H178O17P2/c1-7-11-13-15-17-19-21-23-24-25-26-27-28-29-33-36-39-43-50-56-62-68-74-89(94)102-79-86(107-90(95)75-69-63-57-51-44-40-37-34-31-30-32-35-38-41-47-53-59-65-71-83(5)9-3)81-105-109(97,98)103-77-85(92)78-104-110(99,100)106-82-87(80-101-88(93)73-67-61-55-49-42-22-20-18-16-14-12-8-2)108-91(96)76-70-64-58-52-46-45-48-54-60-66-72-84(6)10-4/h83-87,92H,7-82H2,1-6H3,(H,97,98)(H,99,100)/t83?,84?,85-,86-,87-/m1/s1. The highest BCUT2D eigenvalue weighted by atomic mass is 31.2. The first-order chi connectivity index (χ1) is 53.4. The van der Waals surface area contributed by atoms with Gasteiger partial charge in [0.25, 0.3) is 0 Å². The van der Waals surface area contributed by atoms with E-state index in [4.69, 9.17) is 37.0 Å². The predicted molar refractivity (Wildman–Crippen MR) is 455 cm³/mol. The maximum Gasteiger partial charge on any atom is 0.472 e. The molecule has 0 heterocycles. The van der Waals surface area contributed by atoms with Gasteiger partial charge in [-0.15, -0.1) is 0 Å². The Hall–Kier alpha value is -1.94. The number of hydrogen-bond acceptors (Lipinski definition) is 15. The lowest BCUT2D eigenvalue weighted by Crippen LogP contribution is -2.30. The third-order valence-electron chi connectivity index (χ3n) is 22.2. The van der Waals surface area contributed by atoms with Crippen LogP contribution < -0.4 is 0 Å². The lowest BCUT2D eigenvalue weighted by molar-refractivity contribution is -0.161. The third-order valence-corrected chi connectivity index (χ3v) is 24.1. The fourth-order valence-corrected chi connectivity index (χ4v) is 15.8. The number of aliphatic hydroxyl groups excluding tert-OH is 1. The summed E-state index contributed by atoms with van der Waals surface area (Å²) >= 11 is 0. The van der Waals surface area contributed by atoms with Crippen molar-refractivity contribution in [1.29, 1.82) is 0 Å². The number of aliphatic hydroxyl groups is 1. The summed E-state index contributed by atoms with van der Waals surface area (Å²) in [6, 6.07) is 0. The van der Waals surface area contributed by atoms with Crippen molar-refractivity contribution in [2.75, 3.05) is 39.6 Å². The first-order valence-electron chi connectivity index (χ1n) is 47.1. The number of phosphoric ester groups is 2. The predicted octanol–water partition coefficient (Wildman–Crippen LogP) is 28.2. The van der Waals surface area contributed by atoms with Crippen LogP contribution in [0, 0.1) is 11.8 Å². The average molecular weight is 1610 g/mol. The Bertz CT molecular complexity index is 2100. The Labute approximate surface area is 677 Å². The Balaban J connectivity index is 5.23. The van der Waals surface area contributed by atoms with Crippen molar-refractivity contribution >= 4 is 39.5 Å². The summed E-state index contributed by atoms with van der Waals surface area (Å²) in [6.07, 6.45) is 76.4. The molecule has 654 valence electrons. The van der Waals surface area contributed by atoms with Crippen LogP contribution in [0.2, 0.25) is 0 Å². The smallest absolute Gasteiger partial charge is 0.462 e. The van der Waals surface area contributed by atoms with E-state index in [1.165, 1.54) is 308 Å². The lowest BCUT2D eigenvalue weighted by Gasteiger charge is -2.21. The molecule has 0 rings (SSSR count). The van der Waals surface area contributed by atoms with Gasteiger partial charge in [0, 0.05) is 25.7 Å². The van der Waals surface area contributed by atoms with E-state index in [0.717, 1.165) is 102 Å². The van der Waals surface area contributed by atoms with Crippen LogP contribution in [-0.2, 0) is 65.4 Å². The van der Waals surface area contributed by atoms with E-state index in [0.29, 0.717) is 25.7 Å². The van der Waals surface area contributed by atoms with Gasteiger partial charge in [0.1, 0.15) is 19.3 Å². The zero-order valence-electron chi connectivity index (χ0n) is 72.6. The van der Waals surface area contributed by atoms with E-state index in [2.05, 4.69) is 41.5 Å². The van der Waals surface area contributed by atoms with Gasteiger partial charge in [-0.2, -0.15) is 0 Å². The molecular weight excluding hydrogens is 1430 g/mol. The number of ether oxygens (including phenoxy) is 4. The molecule has 17 nitrogen and oxygen atoms in total. The molecule has 0 saturated heterocycles. The number of rotatable bonds is 90. The molecule has 4 unspecified atom stereocenters. The maximum atomic E-state index is 13.2. The van der Waals surface area contributed by atoms with Gasteiger partial charge in [-0.25, -0.2) is 9.13 Å². The summed E-state index contributed by atoms with van der Waals surface area (Å²) in [5.74, 6) is -0.423. The molecule has 0 aromatic rings. The van der Waals surface area contributed by atoms with Gasteiger partial charge in [-0.3, -0.25) is 37.3 Å². The van der Waals surface area contributed by atoms with Crippen LogP contribution in [0.1, 0.15) is 491 Å². The molecule has 110 heavy (non-hydrogen) atoms. The Morgan fingerprint density at radius 2 is 0.436 bits per heavy atom. The fraction of sp³-hybridized carbons (Fsp3) is 0.956. The van der Waals surface area contributed by atoms with Crippen molar-refractivity contribution in [2.24, 2.45) is 11.8 Å². The number of phosphoric acid groups is 2. The number of carbonyl (C=O) groups excluding carboxylic acids is 4. The van der Waals surface area contributed by atoms with Crippen molar-refractivity contribution in [3.05, 3.63) is 0 Å². The van der Waals surface area contributed by atoms with Gasteiger partial charge in [0.2, 0.25) is 0 Å². The highest BCUT2D eigenvalue weighted by molar-refractivity contribution is 7.47. The highest BCUT2D eigenvalue weighted by Gasteiger charge is 2.31. The SMILES string of the molecule is CCCCCCCCCCCCCCCCCCCCCCCCC(=O)OC[C@H](COP(=O)(O)OC[C@@H](O)COP(=O)(O)OC[C@@H](COC(=O)CCCCCCCCCCCCCC)OC(=O)CCCCCCCCCCCCC(C)CC)OC(=O)CCCCCCCCCCCCCCCCCCCCC(C)CC. The number of unbranched alkanes of at least 4 members (excludes halogenated alkanes) is 58. The van der Waals surface area contributed by atoms with Crippen molar-refractivity contribution in [3.63, 3.8) is 0 Å². The minimum Gasteiger partial charge on any atom is -0.462 e. The van der Waals surface area contributed by atoms with Gasteiger partial charge in [-0.05, 0) is 37.5 Å². The molecule has 0 bridgehead atoms. The van der Waals surface area contributed by atoms with E-state index in [9.17, 15) is 43.2 Å². The largest absolute Gasteiger partial charge is 0.472 e. The molecule has 0 spiro atoms. The number of esters is 4. The van der Waals surface area contributed by atoms with Crippen molar-refractivity contribution in [2.45, 2.75) is 509 Å². The fourth-order valence-electron chi connectivity index (χ4n) is 14.2. The first kappa shape index (κ1) is 108. The second-order valence-electron chi connectivity index (χ2n) is 33.2. The van der Waals surface area contributed by atoms with Crippen LogP contribution in [-0.4, -0.2) is 96.7 Å². The molecule has 3 N–H and O–H groups in total. The second-order valence-corrected chi connectivity index (χ2v) is 36.1. The summed E-state index contributed by atoms with van der Waals surface area (Å²) in [4.78, 5) is 73.4. The van der Waals surface area contributed by atoms with Crippen LogP contribution in [0.3, 0.4) is 0 Å². The molecular formula is C91H178O17P2. The summed E-state index contributed by atoms with van der Waals surface area (Å²) < 4.78 is 69.0. The quantitative estimate of drug-likeness (QED) is 0.0222. The van der Waals surface area contributed by atoms with Crippen LogP contribution in [0.25, 0.3) is 0 Å². The molecule has 0 aliphatic heterocycles. The van der Waals surface area contributed by atoms with Gasteiger partial charge in [-0.1, -0.05) is 440 Å². The number of carbonyl (C=O) groups is 4. The Morgan fingerprint density at radius 3 is 0.645 bits per heavy atom. The van der Waals surface area contributed by atoms with Crippen molar-refractivity contribution < 1.29 is 80.2 Å².